The highest BCUT2D eigenvalue weighted by atomic mass is 19.1. The van der Waals surface area contributed by atoms with Crippen LogP contribution in [-0.2, 0) is 28.0 Å². The zero-order valence-corrected chi connectivity index (χ0v) is 17.7. The Morgan fingerprint density at radius 1 is 1.17 bits per heavy atom. The first-order chi connectivity index (χ1) is 14.5. The molecular weight excluding hydrogens is 379 g/mol. The molecule has 0 radical (unpaired) electrons. The van der Waals surface area contributed by atoms with E-state index in [1.807, 2.05) is 6.07 Å². The maximum atomic E-state index is 13.8. The molecule has 1 N–H and O–H groups in total. The predicted molar refractivity (Wildman–Crippen MR) is 116 cm³/mol. The molecule has 2 fully saturated rings. The van der Waals surface area contributed by atoms with Gasteiger partial charge in [-0.25, -0.2) is 4.39 Å². The van der Waals surface area contributed by atoms with Gasteiger partial charge in [-0.3, -0.25) is 9.69 Å². The van der Waals surface area contributed by atoms with Crippen LogP contribution in [0.1, 0.15) is 49.3 Å². The van der Waals surface area contributed by atoms with Gasteiger partial charge in [-0.1, -0.05) is 49.2 Å². The molecule has 1 unspecified atom stereocenters. The first-order valence-electron chi connectivity index (χ1n) is 11.0. The summed E-state index contributed by atoms with van der Waals surface area (Å²) in [7, 11) is 0. The van der Waals surface area contributed by atoms with Crippen molar-refractivity contribution in [2.24, 2.45) is 0 Å². The molecule has 1 atom stereocenters. The summed E-state index contributed by atoms with van der Waals surface area (Å²) in [5.74, 6) is -0.269. The summed E-state index contributed by atoms with van der Waals surface area (Å²) >= 11 is 0. The lowest BCUT2D eigenvalue weighted by Gasteiger charge is -2.31. The highest BCUT2D eigenvalue weighted by Crippen LogP contribution is 2.41. The molecule has 1 heterocycles. The molecule has 1 saturated carbocycles. The Kier molecular flexibility index (Phi) is 6.49. The summed E-state index contributed by atoms with van der Waals surface area (Å²) in [6.45, 7) is 6.15. The third-order valence-corrected chi connectivity index (χ3v) is 6.44. The van der Waals surface area contributed by atoms with Gasteiger partial charge in [0.15, 0.2) is 0 Å². The molecule has 1 amide bonds. The van der Waals surface area contributed by atoms with Crippen LogP contribution in [0.3, 0.4) is 0 Å². The van der Waals surface area contributed by atoms with Crippen LogP contribution in [0.15, 0.2) is 48.5 Å². The Bertz CT molecular complexity index is 879. The van der Waals surface area contributed by atoms with Crippen LogP contribution in [0.5, 0.6) is 0 Å². The second-order valence-corrected chi connectivity index (χ2v) is 8.72. The van der Waals surface area contributed by atoms with Gasteiger partial charge in [0.05, 0.1) is 18.1 Å². The van der Waals surface area contributed by atoms with Crippen molar-refractivity contribution < 1.29 is 13.9 Å². The number of rotatable bonds is 6. The highest BCUT2D eigenvalue weighted by Gasteiger charge is 2.42. The Balaban J connectivity index is 1.42. The Hall–Kier alpha value is -2.24. The minimum Gasteiger partial charge on any atom is -0.376 e. The van der Waals surface area contributed by atoms with Gasteiger partial charge < -0.3 is 10.1 Å². The molecule has 1 aliphatic heterocycles. The van der Waals surface area contributed by atoms with Gasteiger partial charge in [0.25, 0.3) is 0 Å². The zero-order valence-electron chi connectivity index (χ0n) is 17.7. The Morgan fingerprint density at radius 3 is 2.70 bits per heavy atom. The summed E-state index contributed by atoms with van der Waals surface area (Å²) in [6.07, 6.45) is 3.82. The van der Waals surface area contributed by atoms with Gasteiger partial charge in [0.2, 0.25) is 5.91 Å². The molecule has 0 bridgehead atoms. The summed E-state index contributed by atoms with van der Waals surface area (Å²) in [5.41, 5.74) is 2.53. The molecule has 1 saturated heterocycles. The number of nitrogens with one attached hydrogen (secondary N) is 1. The monoisotopic (exact) mass is 410 g/mol. The van der Waals surface area contributed by atoms with Crippen molar-refractivity contribution in [3.63, 3.8) is 0 Å². The fraction of sp³-hybridized carbons (Fsp3) is 0.480. The van der Waals surface area contributed by atoms with E-state index in [-0.39, 0.29) is 17.8 Å². The number of benzene rings is 2. The molecule has 2 aromatic rings. The number of hydrogen-bond acceptors (Lipinski definition) is 3. The summed E-state index contributed by atoms with van der Waals surface area (Å²) in [5, 5.41) is 3.14. The lowest BCUT2D eigenvalue weighted by molar-refractivity contribution is -0.126. The molecule has 1 aliphatic carbocycles. The third kappa shape index (κ3) is 4.73. The SMILES string of the molecule is CC1CN(Cc2cccc(CNC(=O)C3(c4cccc(F)c4)CCCC3)c2)CCO1. The van der Waals surface area contributed by atoms with Crippen molar-refractivity contribution in [3.05, 3.63) is 71.0 Å². The van der Waals surface area contributed by atoms with E-state index in [2.05, 4.69) is 41.4 Å². The largest absolute Gasteiger partial charge is 0.376 e. The van der Waals surface area contributed by atoms with Crippen molar-refractivity contribution in [3.8, 4) is 0 Å². The van der Waals surface area contributed by atoms with Crippen LogP contribution >= 0.6 is 0 Å². The average molecular weight is 411 g/mol. The minimum absolute atomic E-state index is 0.0120. The van der Waals surface area contributed by atoms with Gasteiger partial charge in [0.1, 0.15) is 5.82 Å². The number of halogens is 1. The number of hydrogen-bond donors (Lipinski definition) is 1. The van der Waals surface area contributed by atoms with Crippen molar-refractivity contribution >= 4 is 5.91 Å². The Labute approximate surface area is 178 Å². The molecular formula is C25H31FN2O2. The standard InChI is InChI=1S/C25H31FN2O2/c1-19-17-28(12-13-30-19)18-21-7-4-6-20(14-21)16-27-24(29)25(10-2-3-11-25)22-8-5-9-23(26)15-22/h4-9,14-15,19H,2-3,10-13,16-18H2,1H3,(H,27,29). The van der Waals surface area contributed by atoms with E-state index >= 15 is 0 Å². The molecule has 2 aromatic carbocycles. The molecule has 4 rings (SSSR count). The predicted octanol–water partition coefficient (Wildman–Crippen LogP) is 4.17. The summed E-state index contributed by atoms with van der Waals surface area (Å²) in [4.78, 5) is 15.6. The van der Waals surface area contributed by atoms with E-state index in [0.29, 0.717) is 6.54 Å². The Morgan fingerprint density at radius 2 is 1.93 bits per heavy atom. The average Bonchev–Trinajstić information content (AvgIpc) is 3.24. The van der Waals surface area contributed by atoms with Crippen molar-refractivity contribution in [1.29, 1.82) is 0 Å². The maximum absolute atomic E-state index is 13.8. The third-order valence-electron chi connectivity index (χ3n) is 6.44. The van der Waals surface area contributed by atoms with E-state index in [1.54, 1.807) is 6.07 Å². The van der Waals surface area contributed by atoms with Gasteiger partial charge in [0, 0.05) is 26.2 Å². The number of morpholine rings is 1. The second-order valence-electron chi connectivity index (χ2n) is 8.72. The fourth-order valence-corrected chi connectivity index (χ4v) is 4.89. The molecule has 2 aliphatic rings. The normalized spacial score (nSPS) is 21.5. The molecule has 0 aromatic heterocycles. The van der Waals surface area contributed by atoms with E-state index in [4.69, 9.17) is 4.74 Å². The van der Waals surface area contributed by atoms with Crippen molar-refractivity contribution in [2.45, 2.75) is 57.2 Å². The number of carbonyl (C=O) groups is 1. The van der Waals surface area contributed by atoms with E-state index in [1.165, 1.54) is 17.7 Å². The topological polar surface area (TPSA) is 41.6 Å². The smallest absolute Gasteiger partial charge is 0.230 e. The van der Waals surface area contributed by atoms with Gasteiger partial charge >= 0.3 is 0 Å². The molecule has 0 spiro atoms. The van der Waals surface area contributed by atoms with Crippen LogP contribution in [0, 0.1) is 5.82 Å². The van der Waals surface area contributed by atoms with Crippen molar-refractivity contribution in [2.75, 3.05) is 19.7 Å². The van der Waals surface area contributed by atoms with Crippen LogP contribution < -0.4 is 5.32 Å². The number of amides is 1. The molecule has 30 heavy (non-hydrogen) atoms. The van der Waals surface area contributed by atoms with Crippen LogP contribution in [0.4, 0.5) is 4.39 Å². The van der Waals surface area contributed by atoms with E-state index in [0.717, 1.165) is 63.1 Å². The van der Waals surface area contributed by atoms with E-state index in [9.17, 15) is 9.18 Å². The number of carbonyl (C=O) groups excluding carboxylic acids is 1. The van der Waals surface area contributed by atoms with Gasteiger partial charge in [-0.15, -0.1) is 0 Å². The lowest BCUT2D eigenvalue weighted by atomic mass is 9.78. The first-order valence-corrected chi connectivity index (χ1v) is 11.0. The summed E-state index contributed by atoms with van der Waals surface area (Å²) in [6, 6.07) is 15.0. The number of nitrogens with zero attached hydrogens (tertiary/aromatic N) is 1. The molecule has 5 heteroatoms. The first kappa shape index (κ1) is 21.0. The van der Waals surface area contributed by atoms with Crippen LogP contribution in [-0.4, -0.2) is 36.6 Å². The highest BCUT2D eigenvalue weighted by molar-refractivity contribution is 5.88. The summed E-state index contributed by atoms with van der Waals surface area (Å²) < 4.78 is 19.4. The molecule has 160 valence electrons. The van der Waals surface area contributed by atoms with E-state index < -0.39 is 5.41 Å². The maximum Gasteiger partial charge on any atom is 0.230 e. The minimum atomic E-state index is -0.607. The molecule has 4 nitrogen and oxygen atoms in total. The van der Waals surface area contributed by atoms with Crippen LogP contribution in [0.25, 0.3) is 0 Å². The quantitative estimate of drug-likeness (QED) is 0.777. The van der Waals surface area contributed by atoms with Gasteiger partial charge in [-0.2, -0.15) is 0 Å². The number of ether oxygens (including phenoxy) is 1. The van der Waals surface area contributed by atoms with Gasteiger partial charge in [-0.05, 0) is 48.6 Å². The van der Waals surface area contributed by atoms with Crippen molar-refractivity contribution in [1.82, 2.24) is 10.2 Å². The van der Waals surface area contributed by atoms with Crippen LogP contribution in [0.2, 0.25) is 0 Å². The zero-order chi connectivity index (χ0) is 21.0. The fourth-order valence-electron chi connectivity index (χ4n) is 4.89. The lowest BCUT2D eigenvalue weighted by Crippen LogP contribution is -2.42. The second kappa shape index (κ2) is 9.27.